The molecule has 4 aromatic rings. The van der Waals surface area contributed by atoms with Crippen LogP contribution in [0.15, 0.2) is 36.9 Å². The molecule has 4 heterocycles. The fraction of sp³-hybridized carbons (Fsp3) is 0.286. The number of carbonyl (C=O) groups excluding carboxylic acids is 1. The lowest BCUT2D eigenvalue weighted by atomic mass is 9.86. The Morgan fingerprint density at radius 2 is 1.97 bits per heavy atom. The first kappa shape index (κ1) is 18.3. The number of imidazole rings is 1. The van der Waals surface area contributed by atoms with Crippen molar-refractivity contribution in [2.75, 3.05) is 5.32 Å². The molecule has 1 atom stereocenters. The van der Waals surface area contributed by atoms with Crippen LogP contribution in [0.4, 0.5) is 5.82 Å². The van der Waals surface area contributed by atoms with Crippen molar-refractivity contribution in [2.24, 2.45) is 0 Å². The molecular formula is C21H21N7O2. The van der Waals surface area contributed by atoms with Crippen LogP contribution in [0.5, 0.6) is 5.75 Å². The van der Waals surface area contributed by atoms with Gasteiger partial charge in [0, 0.05) is 17.9 Å². The van der Waals surface area contributed by atoms with E-state index < -0.39 is 0 Å². The smallest absolute Gasteiger partial charge is 0.226 e. The minimum Gasteiger partial charge on any atom is -0.491 e. The molecule has 0 saturated carbocycles. The highest BCUT2D eigenvalue weighted by Crippen LogP contribution is 2.40. The molecule has 9 nitrogen and oxygen atoms in total. The van der Waals surface area contributed by atoms with Gasteiger partial charge in [-0.15, -0.1) is 0 Å². The molecule has 1 amide bonds. The van der Waals surface area contributed by atoms with E-state index in [0.29, 0.717) is 29.2 Å². The second kappa shape index (κ2) is 6.94. The zero-order chi connectivity index (χ0) is 20.8. The third-order valence-corrected chi connectivity index (χ3v) is 5.16. The summed E-state index contributed by atoms with van der Waals surface area (Å²) in [5.41, 5.74) is 4.07. The standard InChI is InChI=1S/C21H21N7O2/c1-11(2)30-14-6-4-13(5-7-14)15-8-16(29)26-20-17(15)12(3)27-28(20)21-18-19(23-9-22-18)24-10-25-21/h4-7,9-11,15H,8H2,1-3H3,(H,26,29)(H,22,23,24,25)/t15-/m1/s1. The van der Waals surface area contributed by atoms with E-state index in [4.69, 9.17) is 9.84 Å². The monoisotopic (exact) mass is 403 g/mol. The van der Waals surface area contributed by atoms with Crippen molar-refractivity contribution in [3.8, 4) is 11.6 Å². The maximum Gasteiger partial charge on any atom is 0.226 e. The highest BCUT2D eigenvalue weighted by molar-refractivity contribution is 5.95. The lowest BCUT2D eigenvalue weighted by Crippen LogP contribution is -2.25. The number of ether oxygens (including phenoxy) is 1. The van der Waals surface area contributed by atoms with E-state index in [0.717, 1.165) is 22.6 Å². The molecule has 5 rings (SSSR count). The van der Waals surface area contributed by atoms with Crippen LogP contribution in [0.3, 0.4) is 0 Å². The summed E-state index contributed by atoms with van der Waals surface area (Å²) in [6.45, 7) is 5.93. The number of carbonyl (C=O) groups is 1. The van der Waals surface area contributed by atoms with Gasteiger partial charge in [0.2, 0.25) is 5.91 Å². The molecule has 0 radical (unpaired) electrons. The first-order chi connectivity index (χ1) is 14.5. The van der Waals surface area contributed by atoms with Gasteiger partial charge in [-0.3, -0.25) is 4.79 Å². The summed E-state index contributed by atoms with van der Waals surface area (Å²) < 4.78 is 7.41. The Labute approximate surface area is 172 Å². The lowest BCUT2D eigenvalue weighted by molar-refractivity contribution is -0.116. The van der Waals surface area contributed by atoms with Crippen molar-refractivity contribution < 1.29 is 9.53 Å². The Hall–Kier alpha value is -3.75. The molecule has 2 N–H and O–H groups in total. The van der Waals surface area contributed by atoms with E-state index in [2.05, 4.69) is 25.3 Å². The number of nitrogens with one attached hydrogen (secondary N) is 2. The van der Waals surface area contributed by atoms with E-state index in [1.807, 2.05) is 45.0 Å². The Bertz CT molecular complexity index is 1240. The van der Waals surface area contributed by atoms with Crippen LogP contribution >= 0.6 is 0 Å². The van der Waals surface area contributed by atoms with Gasteiger partial charge in [0.25, 0.3) is 0 Å². The van der Waals surface area contributed by atoms with Gasteiger partial charge in [-0.1, -0.05) is 12.1 Å². The number of aromatic nitrogens is 6. The van der Waals surface area contributed by atoms with Gasteiger partial charge in [-0.05, 0) is 38.5 Å². The zero-order valence-corrected chi connectivity index (χ0v) is 16.9. The first-order valence-corrected chi connectivity index (χ1v) is 9.81. The molecule has 1 aromatic carbocycles. The molecule has 1 aliphatic rings. The Kier molecular flexibility index (Phi) is 4.23. The number of nitrogens with zero attached hydrogens (tertiary/aromatic N) is 5. The second-order valence-electron chi connectivity index (χ2n) is 7.60. The van der Waals surface area contributed by atoms with Gasteiger partial charge in [0.05, 0.1) is 18.1 Å². The largest absolute Gasteiger partial charge is 0.491 e. The van der Waals surface area contributed by atoms with Gasteiger partial charge >= 0.3 is 0 Å². The molecule has 0 spiro atoms. The number of fused-ring (bicyclic) bond motifs is 2. The minimum absolute atomic E-state index is 0.0638. The minimum atomic E-state index is -0.102. The Morgan fingerprint density at radius 1 is 1.17 bits per heavy atom. The number of H-pyrrole nitrogens is 1. The van der Waals surface area contributed by atoms with Crippen LogP contribution in [0.25, 0.3) is 17.0 Å². The number of aromatic amines is 1. The predicted octanol–water partition coefficient (Wildman–Crippen LogP) is 3.11. The molecule has 0 saturated heterocycles. The van der Waals surface area contributed by atoms with E-state index in [9.17, 15) is 4.79 Å². The summed E-state index contributed by atoms with van der Waals surface area (Å²) in [5.74, 6) is 1.82. The molecule has 0 unspecified atom stereocenters. The highest BCUT2D eigenvalue weighted by atomic mass is 16.5. The zero-order valence-electron chi connectivity index (χ0n) is 16.9. The molecule has 0 aliphatic carbocycles. The van der Waals surface area contributed by atoms with Gasteiger partial charge in [-0.25, -0.2) is 15.0 Å². The van der Waals surface area contributed by atoms with Gasteiger partial charge in [-0.2, -0.15) is 9.78 Å². The Balaban J connectivity index is 1.61. The van der Waals surface area contributed by atoms with Crippen molar-refractivity contribution in [1.82, 2.24) is 29.7 Å². The number of aryl methyl sites for hydroxylation is 1. The van der Waals surface area contributed by atoms with Crippen LogP contribution in [-0.2, 0) is 4.79 Å². The lowest BCUT2D eigenvalue weighted by Gasteiger charge is -2.24. The van der Waals surface area contributed by atoms with E-state index in [-0.39, 0.29) is 17.9 Å². The number of hydrogen-bond donors (Lipinski definition) is 2. The quantitative estimate of drug-likeness (QED) is 0.542. The van der Waals surface area contributed by atoms with Crippen LogP contribution in [-0.4, -0.2) is 41.7 Å². The van der Waals surface area contributed by atoms with Gasteiger partial charge < -0.3 is 15.0 Å². The fourth-order valence-corrected chi connectivity index (χ4v) is 3.95. The second-order valence-corrected chi connectivity index (χ2v) is 7.60. The summed E-state index contributed by atoms with van der Waals surface area (Å²) in [7, 11) is 0. The number of rotatable bonds is 4. The molecule has 0 fully saturated rings. The number of amides is 1. The normalized spacial score (nSPS) is 16.0. The summed E-state index contributed by atoms with van der Waals surface area (Å²) in [4.78, 5) is 28.4. The number of benzene rings is 1. The average Bonchev–Trinajstić information content (AvgIpc) is 3.32. The third-order valence-electron chi connectivity index (χ3n) is 5.16. The fourth-order valence-electron chi connectivity index (χ4n) is 3.95. The van der Waals surface area contributed by atoms with Crippen molar-refractivity contribution in [1.29, 1.82) is 0 Å². The van der Waals surface area contributed by atoms with E-state index in [1.165, 1.54) is 6.33 Å². The van der Waals surface area contributed by atoms with E-state index >= 15 is 0 Å². The van der Waals surface area contributed by atoms with Gasteiger partial charge in [0.1, 0.15) is 23.4 Å². The van der Waals surface area contributed by atoms with Gasteiger partial charge in [0.15, 0.2) is 11.5 Å². The average molecular weight is 403 g/mol. The predicted molar refractivity (Wildman–Crippen MR) is 111 cm³/mol. The first-order valence-electron chi connectivity index (χ1n) is 9.81. The number of anilines is 1. The van der Waals surface area contributed by atoms with Crippen LogP contribution in [0.1, 0.15) is 43.0 Å². The van der Waals surface area contributed by atoms with Crippen molar-refractivity contribution in [2.45, 2.75) is 39.2 Å². The maximum absolute atomic E-state index is 12.6. The molecular weight excluding hydrogens is 382 g/mol. The molecule has 9 heteroatoms. The van der Waals surface area contributed by atoms with Crippen molar-refractivity contribution >= 4 is 22.9 Å². The summed E-state index contributed by atoms with van der Waals surface area (Å²) >= 11 is 0. The topological polar surface area (TPSA) is 111 Å². The van der Waals surface area contributed by atoms with E-state index in [1.54, 1.807) is 11.0 Å². The molecule has 1 aliphatic heterocycles. The van der Waals surface area contributed by atoms with Crippen molar-refractivity contribution in [3.05, 3.63) is 53.7 Å². The third kappa shape index (κ3) is 2.99. The maximum atomic E-state index is 12.6. The number of hydrogen-bond acceptors (Lipinski definition) is 6. The Morgan fingerprint density at radius 3 is 2.73 bits per heavy atom. The molecule has 152 valence electrons. The van der Waals surface area contributed by atoms with Crippen LogP contribution < -0.4 is 10.1 Å². The highest BCUT2D eigenvalue weighted by Gasteiger charge is 2.33. The van der Waals surface area contributed by atoms with Crippen molar-refractivity contribution in [3.63, 3.8) is 0 Å². The summed E-state index contributed by atoms with van der Waals surface area (Å²) in [5, 5.41) is 7.68. The summed E-state index contributed by atoms with van der Waals surface area (Å²) in [6, 6.07) is 7.91. The van der Waals surface area contributed by atoms with Crippen LogP contribution in [0, 0.1) is 6.92 Å². The molecule has 30 heavy (non-hydrogen) atoms. The van der Waals surface area contributed by atoms with Crippen LogP contribution in [0.2, 0.25) is 0 Å². The summed E-state index contributed by atoms with van der Waals surface area (Å²) in [6.07, 6.45) is 3.47. The molecule has 3 aromatic heterocycles. The SMILES string of the molecule is Cc1nn(-c2ncnc3nc[nH]c23)c2c1[C@@H](c1ccc(OC(C)C)cc1)CC(=O)N2. The molecule has 0 bridgehead atoms.